The molecule has 0 radical (unpaired) electrons. The van der Waals surface area contributed by atoms with E-state index in [9.17, 15) is 14.7 Å². The Morgan fingerprint density at radius 1 is 0.857 bits per heavy atom. The predicted molar refractivity (Wildman–Crippen MR) is 132 cm³/mol. The molecule has 0 aliphatic carbocycles. The molecule has 4 aromatic rings. The maximum Gasteiger partial charge on any atom is 0.255 e. The number of anilines is 2. The first-order valence-corrected chi connectivity index (χ1v) is 11.1. The van der Waals surface area contributed by atoms with E-state index in [1.807, 2.05) is 19.1 Å². The number of carbonyl (C=O) groups excluding carboxylic acids is 2. The average molecular weight is 469 g/mol. The van der Waals surface area contributed by atoms with Crippen LogP contribution >= 0.6 is 0 Å². The number of aromatic nitrogens is 1. The lowest BCUT2D eigenvalue weighted by molar-refractivity contribution is 0.101. The van der Waals surface area contributed by atoms with Gasteiger partial charge >= 0.3 is 0 Å². The number of aliphatic hydroxyl groups excluding tert-OH is 1. The van der Waals surface area contributed by atoms with Crippen molar-refractivity contribution in [3.05, 3.63) is 89.1 Å². The van der Waals surface area contributed by atoms with Crippen LogP contribution in [0.5, 0.6) is 11.5 Å². The van der Waals surface area contributed by atoms with Crippen LogP contribution in [0.25, 0.3) is 10.9 Å². The Morgan fingerprint density at radius 2 is 1.60 bits per heavy atom. The quantitative estimate of drug-likeness (QED) is 0.402. The Kier molecular flexibility index (Phi) is 6.03. The summed E-state index contributed by atoms with van der Waals surface area (Å²) in [7, 11) is 0. The number of carbonyl (C=O) groups is 2. The SMILES string of the molecule is Cc1ccc2cc(C(=O)Nc3cc(NC(=O)c4ccc5c(c4)OCCO5)ccc3CO)ccc2n1. The smallest absolute Gasteiger partial charge is 0.255 e. The number of nitrogens with one attached hydrogen (secondary N) is 2. The van der Waals surface area contributed by atoms with Crippen molar-refractivity contribution in [2.75, 3.05) is 23.8 Å². The first-order valence-electron chi connectivity index (χ1n) is 11.1. The summed E-state index contributed by atoms with van der Waals surface area (Å²) >= 11 is 0. The molecule has 0 saturated heterocycles. The van der Waals surface area contributed by atoms with Crippen molar-refractivity contribution >= 4 is 34.1 Å². The Bertz CT molecular complexity index is 1450. The van der Waals surface area contributed by atoms with E-state index in [-0.39, 0.29) is 18.4 Å². The summed E-state index contributed by atoms with van der Waals surface area (Å²) in [5.74, 6) is 0.448. The van der Waals surface area contributed by atoms with Gasteiger partial charge in [0.05, 0.1) is 12.1 Å². The van der Waals surface area contributed by atoms with Gasteiger partial charge in [-0.05, 0) is 61.5 Å². The van der Waals surface area contributed by atoms with Crippen molar-refractivity contribution in [1.82, 2.24) is 4.98 Å². The molecule has 0 spiro atoms. The highest BCUT2D eigenvalue weighted by Gasteiger charge is 2.16. The lowest BCUT2D eigenvalue weighted by atomic mass is 10.1. The van der Waals surface area contributed by atoms with E-state index in [4.69, 9.17) is 9.47 Å². The van der Waals surface area contributed by atoms with Gasteiger partial charge in [0.1, 0.15) is 13.2 Å². The average Bonchev–Trinajstić information content (AvgIpc) is 2.88. The van der Waals surface area contributed by atoms with Gasteiger partial charge in [0.15, 0.2) is 11.5 Å². The summed E-state index contributed by atoms with van der Waals surface area (Å²) in [6.45, 7) is 2.54. The molecule has 1 aromatic heterocycles. The van der Waals surface area contributed by atoms with Crippen molar-refractivity contribution in [3.8, 4) is 11.5 Å². The highest BCUT2D eigenvalue weighted by atomic mass is 16.6. The van der Waals surface area contributed by atoms with E-state index in [1.165, 1.54) is 0 Å². The zero-order valence-electron chi connectivity index (χ0n) is 19.0. The van der Waals surface area contributed by atoms with Gasteiger partial charge in [-0.1, -0.05) is 12.1 Å². The molecule has 2 heterocycles. The topological polar surface area (TPSA) is 110 Å². The molecule has 0 unspecified atom stereocenters. The highest BCUT2D eigenvalue weighted by Crippen LogP contribution is 2.31. The number of pyridine rings is 1. The van der Waals surface area contributed by atoms with Crippen LogP contribution < -0.4 is 20.1 Å². The van der Waals surface area contributed by atoms with Gasteiger partial charge in [-0.15, -0.1) is 0 Å². The lowest BCUT2D eigenvalue weighted by Gasteiger charge is -2.18. The van der Waals surface area contributed by atoms with Crippen molar-refractivity contribution in [2.24, 2.45) is 0 Å². The van der Waals surface area contributed by atoms with E-state index in [2.05, 4.69) is 15.6 Å². The molecule has 3 aromatic carbocycles. The molecule has 0 atom stereocenters. The molecule has 0 fully saturated rings. The van der Waals surface area contributed by atoms with Crippen molar-refractivity contribution in [1.29, 1.82) is 0 Å². The molecular formula is C27H23N3O5. The van der Waals surface area contributed by atoms with Crippen molar-refractivity contribution in [3.63, 3.8) is 0 Å². The number of fused-ring (bicyclic) bond motifs is 2. The zero-order chi connectivity index (χ0) is 24.4. The molecule has 8 heteroatoms. The summed E-state index contributed by atoms with van der Waals surface area (Å²) in [5, 5.41) is 16.3. The fourth-order valence-corrected chi connectivity index (χ4v) is 3.86. The van der Waals surface area contributed by atoms with Crippen LogP contribution in [-0.2, 0) is 6.61 Å². The molecule has 1 aliphatic rings. The van der Waals surface area contributed by atoms with Crippen LogP contribution in [0, 0.1) is 6.92 Å². The summed E-state index contributed by atoms with van der Waals surface area (Å²) in [4.78, 5) is 30.2. The van der Waals surface area contributed by atoms with Gasteiger partial charge in [-0.2, -0.15) is 0 Å². The second-order valence-corrected chi connectivity index (χ2v) is 8.16. The molecule has 1 aliphatic heterocycles. The summed E-state index contributed by atoms with van der Waals surface area (Å²) < 4.78 is 11.0. The molecule has 176 valence electrons. The van der Waals surface area contributed by atoms with Crippen molar-refractivity contribution < 1.29 is 24.2 Å². The van der Waals surface area contributed by atoms with Crippen LogP contribution in [0.1, 0.15) is 32.0 Å². The van der Waals surface area contributed by atoms with Crippen LogP contribution in [-0.4, -0.2) is 35.1 Å². The Morgan fingerprint density at radius 3 is 2.43 bits per heavy atom. The van der Waals surface area contributed by atoms with Crippen molar-refractivity contribution in [2.45, 2.75) is 13.5 Å². The summed E-state index contributed by atoms with van der Waals surface area (Å²) in [5.41, 5.74) is 3.96. The van der Waals surface area contributed by atoms with Crippen LogP contribution in [0.4, 0.5) is 11.4 Å². The molecule has 35 heavy (non-hydrogen) atoms. The largest absolute Gasteiger partial charge is 0.486 e. The standard InChI is InChI=1S/C27H23N3O5/c1-16-2-3-17-12-18(5-8-22(17)28-16)27(33)30-23-14-21(7-4-20(23)15-31)29-26(32)19-6-9-24-25(13-19)35-11-10-34-24/h2-9,12-14,31H,10-11,15H2,1H3,(H,29,32)(H,30,33). The number of aryl methyl sites for hydroxylation is 1. The summed E-state index contributed by atoms with van der Waals surface area (Å²) in [6, 6.07) is 19.0. The third kappa shape index (κ3) is 4.78. The van der Waals surface area contributed by atoms with E-state index in [1.54, 1.807) is 54.6 Å². The van der Waals surface area contributed by atoms with E-state index < -0.39 is 0 Å². The normalized spacial score (nSPS) is 12.3. The third-order valence-corrected chi connectivity index (χ3v) is 5.68. The minimum absolute atomic E-state index is 0.271. The molecule has 8 nitrogen and oxygen atoms in total. The van der Waals surface area contributed by atoms with Gasteiger partial charge in [-0.3, -0.25) is 14.6 Å². The number of amides is 2. The van der Waals surface area contributed by atoms with Gasteiger partial charge < -0.3 is 25.2 Å². The number of hydrogen-bond acceptors (Lipinski definition) is 6. The number of aliphatic hydroxyl groups is 1. The maximum absolute atomic E-state index is 13.0. The molecule has 0 bridgehead atoms. The fourth-order valence-electron chi connectivity index (χ4n) is 3.86. The molecule has 0 saturated carbocycles. The Hall–Kier alpha value is -4.43. The minimum Gasteiger partial charge on any atom is -0.486 e. The second kappa shape index (κ2) is 9.44. The van der Waals surface area contributed by atoms with E-state index in [0.717, 1.165) is 16.6 Å². The highest BCUT2D eigenvalue weighted by molar-refractivity contribution is 6.08. The van der Waals surface area contributed by atoms with Crippen LogP contribution in [0.15, 0.2) is 66.7 Å². The molecular weight excluding hydrogens is 446 g/mol. The first-order chi connectivity index (χ1) is 17.0. The Balaban J connectivity index is 1.35. The number of rotatable bonds is 5. The Labute approximate surface area is 201 Å². The number of hydrogen-bond donors (Lipinski definition) is 3. The van der Waals surface area contributed by atoms with Gasteiger partial charge in [0, 0.05) is 39.1 Å². The fraction of sp³-hybridized carbons (Fsp3) is 0.148. The van der Waals surface area contributed by atoms with E-state index in [0.29, 0.717) is 52.8 Å². The number of benzene rings is 3. The molecule has 3 N–H and O–H groups in total. The number of ether oxygens (including phenoxy) is 2. The van der Waals surface area contributed by atoms with Crippen LogP contribution in [0.2, 0.25) is 0 Å². The predicted octanol–water partition coefficient (Wildman–Crippen LogP) is 4.31. The second-order valence-electron chi connectivity index (χ2n) is 8.16. The number of nitrogens with zero attached hydrogens (tertiary/aromatic N) is 1. The molecule has 2 amide bonds. The van der Waals surface area contributed by atoms with Gasteiger partial charge in [0.2, 0.25) is 0 Å². The van der Waals surface area contributed by atoms with Gasteiger partial charge in [-0.25, -0.2) is 0 Å². The van der Waals surface area contributed by atoms with Gasteiger partial charge in [0.25, 0.3) is 11.8 Å². The molecule has 5 rings (SSSR count). The summed E-state index contributed by atoms with van der Waals surface area (Å²) in [6.07, 6.45) is 0. The van der Waals surface area contributed by atoms with Crippen LogP contribution in [0.3, 0.4) is 0 Å². The minimum atomic E-state index is -0.340. The lowest BCUT2D eigenvalue weighted by Crippen LogP contribution is -2.17. The first kappa shape index (κ1) is 22.4. The maximum atomic E-state index is 13.0. The van der Waals surface area contributed by atoms with E-state index >= 15 is 0 Å². The zero-order valence-corrected chi connectivity index (χ0v) is 19.0. The monoisotopic (exact) mass is 469 g/mol. The third-order valence-electron chi connectivity index (χ3n) is 5.68.